The van der Waals surface area contributed by atoms with Gasteiger partial charge in [-0.05, 0) is 25.9 Å². The molecule has 112 valence electrons. The monoisotopic (exact) mass is 296 g/mol. The van der Waals surface area contributed by atoms with Crippen LogP contribution in [0.15, 0.2) is 6.20 Å². The highest BCUT2D eigenvalue weighted by molar-refractivity contribution is 6.17. The fraction of sp³-hybridized carbons (Fsp3) is 0.733. The Balaban J connectivity index is 2.10. The normalized spacial score (nSPS) is 19.8. The zero-order valence-electron chi connectivity index (χ0n) is 12.9. The highest BCUT2D eigenvalue weighted by Gasteiger charge is 2.22. The Kier molecular flexibility index (Phi) is 5.22. The number of halogens is 1. The summed E-state index contributed by atoms with van der Waals surface area (Å²) in [5, 5.41) is 0. The third-order valence-corrected chi connectivity index (χ3v) is 4.19. The second-order valence-electron chi connectivity index (χ2n) is 6.15. The standard InChI is InChI=1S/C15H25ClN4/c1-11(2)15-17-8-14(13(7-16)18-15)20(4)10-12-5-6-19(3)9-12/h8,11-12H,5-7,9-10H2,1-4H3. The summed E-state index contributed by atoms with van der Waals surface area (Å²) in [4.78, 5) is 13.7. The molecule has 0 N–H and O–H groups in total. The Bertz CT molecular complexity index is 449. The molecule has 1 unspecified atom stereocenters. The molecule has 1 fully saturated rings. The third-order valence-electron chi connectivity index (χ3n) is 3.94. The zero-order chi connectivity index (χ0) is 14.7. The minimum atomic E-state index is 0.333. The minimum absolute atomic E-state index is 0.333. The van der Waals surface area contributed by atoms with Crippen LogP contribution < -0.4 is 4.90 Å². The van der Waals surface area contributed by atoms with Crippen molar-refractivity contribution in [1.29, 1.82) is 0 Å². The first-order valence-corrected chi connectivity index (χ1v) is 7.86. The summed E-state index contributed by atoms with van der Waals surface area (Å²) in [5.41, 5.74) is 2.01. The van der Waals surface area contributed by atoms with E-state index in [0.717, 1.165) is 29.7 Å². The molecule has 0 bridgehead atoms. The number of hydrogen-bond acceptors (Lipinski definition) is 4. The number of aromatic nitrogens is 2. The van der Waals surface area contributed by atoms with Gasteiger partial charge in [0.05, 0.1) is 23.5 Å². The lowest BCUT2D eigenvalue weighted by molar-refractivity contribution is 0.396. The Morgan fingerprint density at radius 1 is 1.50 bits per heavy atom. The number of alkyl halides is 1. The van der Waals surface area contributed by atoms with Gasteiger partial charge in [-0.2, -0.15) is 0 Å². The van der Waals surface area contributed by atoms with Gasteiger partial charge in [0.25, 0.3) is 0 Å². The van der Waals surface area contributed by atoms with Crippen LogP contribution in [0.1, 0.15) is 37.7 Å². The van der Waals surface area contributed by atoms with Crippen LogP contribution in [0.5, 0.6) is 0 Å². The van der Waals surface area contributed by atoms with E-state index in [1.165, 1.54) is 19.5 Å². The molecule has 0 radical (unpaired) electrons. The summed E-state index contributed by atoms with van der Waals surface area (Å²) in [6, 6.07) is 0. The van der Waals surface area contributed by atoms with Gasteiger partial charge in [-0.25, -0.2) is 9.97 Å². The van der Waals surface area contributed by atoms with Gasteiger partial charge in [-0.3, -0.25) is 0 Å². The average molecular weight is 297 g/mol. The average Bonchev–Trinajstić information content (AvgIpc) is 2.83. The maximum atomic E-state index is 6.07. The van der Waals surface area contributed by atoms with Gasteiger partial charge in [0, 0.05) is 26.1 Å². The summed E-state index contributed by atoms with van der Waals surface area (Å²) >= 11 is 6.07. The lowest BCUT2D eigenvalue weighted by Gasteiger charge is -2.24. The van der Waals surface area contributed by atoms with E-state index in [1.54, 1.807) is 0 Å². The van der Waals surface area contributed by atoms with Crippen LogP contribution >= 0.6 is 11.6 Å². The molecule has 1 aliphatic rings. The summed E-state index contributed by atoms with van der Waals surface area (Å²) in [6.07, 6.45) is 3.20. The number of rotatable bonds is 5. The van der Waals surface area contributed by atoms with Crippen molar-refractivity contribution in [2.45, 2.75) is 32.1 Å². The molecule has 4 nitrogen and oxygen atoms in total. The van der Waals surface area contributed by atoms with Crippen molar-refractivity contribution in [2.24, 2.45) is 5.92 Å². The van der Waals surface area contributed by atoms with E-state index >= 15 is 0 Å². The Labute approximate surface area is 127 Å². The van der Waals surface area contributed by atoms with Gasteiger partial charge in [0.2, 0.25) is 0 Å². The topological polar surface area (TPSA) is 32.3 Å². The van der Waals surface area contributed by atoms with Gasteiger partial charge in [-0.1, -0.05) is 13.8 Å². The Morgan fingerprint density at radius 2 is 2.25 bits per heavy atom. The van der Waals surface area contributed by atoms with Crippen molar-refractivity contribution in [3.05, 3.63) is 17.7 Å². The summed E-state index contributed by atoms with van der Waals surface area (Å²) in [6.45, 7) is 7.62. The van der Waals surface area contributed by atoms with Crippen LogP contribution in [-0.4, -0.2) is 48.6 Å². The maximum absolute atomic E-state index is 6.07. The predicted molar refractivity (Wildman–Crippen MR) is 84.6 cm³/mol. The maximum Gasteiger partial charge on any atom is 0.131 e. The van der Waals surface area contributed by atoms with Crippen molar-refractivity contribution < 1.29 is 0 Å². The van der Waals surface area contributed by atoms with Gasteiger partial charge in [0.1, 0.15) is 5.82 Å². The molecule has 1 aliphatic heterocycles. The lowest BCUT2D eigenvalue weighted by Crippen LogP contribution is -2.28. The van der Waals surface area contributed by atoms with Gasteiger partial charge >= 0.3 is 0 Å². The van der Waals surface area contributed by atoms with E-state index in [0.29, 0.717) is 11.8 Å². The van der Waals surface area contributed by atoms with E-state index in [4.69, 9.17) is 11.6 Å². The molecule has 0 aliphatic carbocycles. The molecule has 0 spiro atoms. The van der Waals surface area contributed by atoms with Crippen LogP contribution in [0.4, 0.5) is 5.69 Å². The van der Waals surface area contributed by atoms with Crippen LogP contribution in [0, 0.1) is 5.92 Å². The fourth-order valence-electron chi connectivity index (χ4n) is 2.78. The smallest absolute Gasteiger partial charge is 0.131 e. The number of anilines is 1. The number of nitrogens with zero attached hydrogens (tertiary/aromatic N) is 4. The molecular weight excluding hydrogens is 272 g/mol. The molecule has 20 heavy (non-hydrogen) atoms. The van der Waals surface area contributed by atoms with Gasteiger partial charge in [-0.15, -0.1) is 11.6 Å². The van der Waals surface area contributed by atoms with E-state index < -0.39 is 0 Å². The highest BCUT2D eigenvalue weighted by Crippen LogP contribution is 2.24. The van der Waals surface area contributed by atoms with E-state index in [9.17, 15) is 0 Å². The largest absolute Gasteiger partial charge is 0.372 e. The van der Waals surface area contributed by atoms with E-state index in [-0.39, 0.29) is 0 Å². The highest BCUT2D eigenvalue weighted by atomic mass is 35.5. The van der Waals surface area contributed by atoms with Crippen molar-refractivity contribution in [2.75, 3.05) is 38.6 Å². The lowest BCUT2D eigenvalue weighted by atomic mass is 10.1. The van der Waals surface area contributed by atoms with Crippen LogP contribution in [-0.2, 0) is 5.88 Å². The molecule has 2 rings (SSSR count). The molecule has 2 heterocycles. The molecule has 0 saturated carbocycles. The molecular formula is C15H25ClN4. The summed E-state index contributed by atoms with van der Waals surface area (Å²) in [5.74, 6) is 2.36. The van der Waals surface area contributed by atoms with E-state index in [2.05, 4.69) is 47.7 Å². The predicted octanol–water partition coefficient (Wildman–Crippen LogP) is 2.73. The molecule has 1 atom stereocenters. The second kappa shape index (κ2) is 6.72. The first kappa shape index (κ1) is 15.5. The summed E-state index contributed by atoms with van der Waals surface area (Å²) < 4.78 is 0. The SMILES string of the molecule is CC(C)c1ncc(N(C)CC2CCN(C)C2)c(CCl)n1. The Hall–Kier alpha value is -0.870. The quantitative estimate of drug-likeness (QED) is 0.782. The molecule has 5 heteroatoms. The molecule has 1 saturated heterocycles. The van der Waals surface area contributed by atoms with Crippen molar-refractivity contribution in [1.82, 2.24) is 14.9 Å². The second-order valence-corrected chi connectivity index (χ2v) is 6.41. The molecule has 1 aromatic rings. The first-order valence-electron chi connectivity index (χ1n) is 7.32. The van der Waals surface area contributed by atoms with Crippen LogP contribution in [0.2, 0.25) is 0 Å². The van der Waals surface area contributed by atoms with Gasteiger partial charge < -0.3 is 9.80 Å². The van der Waals surface area contributed by atoms with E-state index in [1.807, 2.05) is 6.20 Å². The number of hydrogen-bond donors (Lipinski definition) is 0. The van der Waals surface area contributed by atoms with Crippen molar-refractivity contribution >= 4 is 17.3 Å². The van der Waals surface area contributed by atoms with Crippen molar-refractivity contribution in [3.8, 4) is 0 Å². The molecule has 0 amide bonds. The van der Waals surface area contributed by atoms with Crippen LogP contribution in [0.25, 0.3) is 0 Å². The van der Waals surface area contributed by atoms with Crippen molar-refractivity contribution in [3.63, 3.8) is 0 Å². The summed E-state index contributed by atoms with van der Waals surface area (Å²) in [7, 11) is 4.30. The van der Waals surface area contributed by atoms with Gasteiger partial charge in [0.15, 0.2) is 0 Å². The molecule has 1 aromatic heterocycles. The fourth-order valence-corrected chi connectivity index (χ4v) is 2.98. The molecule has 0 aromatic carbocycles. The van der Waals surface area contributed by atoms with Crippen LogP contribution in [0.3, 0.4) is 0 Å². The number of likely N-dealkylation sites (tertiary alicyclic amines) is 1. The third kappa shape index (κ3) is 3.61. The Morgan fingerprint density at radius 3 is 2.80 bits per heavy atom. The zero-order valence-corrected chi connectivity index (χ0v) is 13.7. The first-order chi connectivity index (χ1) is 9.51. The minimum Gasteiger partial charge on any atom is -0.372 e.